The van der Waals surface area contributed by atoms with Crippen LogP contribution >= 0.6 is 34.3 Å². The number of thiazole rings is 1. The minimum absolute atomic E-state index is 0.0177. The number of rotatable bonds is 21. The van der Waals surface area contributed by atoms with Crippen LogP contribution in [0.1, 0.15) is 97.0 Å². The van der Waals surface area contributed by atoms with Crippen molar-refractivity contribution in [3.63, 3.8) is 0 Å². The van der Waals surface area contributed by atoms with Gasteiger partial charge in [-0.15, -0.1) is 32.9 Å². The first-order chi connectivity index (χ1) is 35.9. The van der Waals surface area contributed by atoms with Crippen LogP contribution in [-0.4, -0.2) is 117 Å². The van der Waals surface area contributed by atoms with E-state index in [0.29, 0.717) is 54.9 Å². The van der Waals surface area contributed by atoms with Crippen LogP contribution in [0.15, 0.2) is 83.3 Å². The number of halogens is 1. The van der Waals surface area contributed by atoms with Gasteiger partial charge in [0.25, 0.3) is 0 Å². The Balaban J connectivity index is 0.723. The fraction of sp³-hybridized carbons (Fsp3) is 0.418. The Bertz CT molecular complexity index is 3000. The van der Waals surface area contributed by atoms with Crippen LogP contribution in [0.4, 0.5) is 5.69 Å². The fourth-order valence-electron chi connectivity index (χ4n) is 9.02. The zero-order valence-corrected chi connectivity index (χ0v) is 45.7. The minimum atomic E-state index is -0.963. The van der Waals surface area contributed by atoms with Crippen molar-refractivity contribution < 1.29 is 38.5 Å². The van der Waals surface area contributed by atoms with Crippen LogP contribution < -0.4 is 20.7 Å². The number of β-amino-alcohol motifs (C(OH)–C–C–N with tert-alkyl or cyclic N) is 1. The number of benzene rings is 3. The zero-order chi connectivity index (χ0) is 53.4. The second-order valence-corrected chi connectivity index (χ2v) is 22.3. The van der Waals surface area contributed by atoms with Gasteiger partial charge in [0.15, 0.2) is 5.82 Å². The van der Waals surface area contributed by atoms with Gasteiger partial charge in [0, 0.05) is 72.5 Å². The minimum Gasteiger partial charge on any atom is -0.494 e. The number of aromatic nitrogens is 4. The van der Waals surface area contributed by atoms with Crippen LogP contribution in [-0.2, 0) is 35.2 Å². The lowest BCUT2D eigenvalue weighted by atomic mass is 9.85. The van der Waals surface area contributed by atoms with Crippen molar-refractivity contribution in [1.82, 2.24) is 35.3 Å². The summed E-state index contributed by atoms with van der Waals surface area (Å²) in [6.45, 7) is 15.1. The average Bonchev–Trinajstić information content (AvgIpc) is 4.16. The number of carbonyl (C=O) groups excluding carboxylic acids is 4. The van der Waals surface area contributed by atoms with Gasteiger partial charge < -0.3 is 40.2 Å². The normalized spacial score (nSPS) is 16.6. The molecule has 6 aromatic rings. The zero-order valence-electron chi connectivity index (χ0n) is 43.3. The molecule has 4 atom stereocenters. The molecule has 0 bridgehead atoms. The third-order valence-electron chi connectivity index (χ3n) is 13.1. The van der Waals surface area contributed by atoms with Gasteiger partial charge in [-0.3, -0.25) is 28.7 Å². The highest BCUT2D eigenvalue weighted by Crippen LogP contribution is 2.40. The first-order valence-corrected chi connectivity index (χ1v) is 27.1. The molecule has 2 aliphatic rings. The molecule has 0 aliphatic carbocycles. The van der Waals surface area contributed by atoms with Gasteiger partial charge in [0.2, 0.25) is 23.6 Å². The molecule has 396 valence electrons. The lowest BCUT2D eigenvalue weighted by Crippen LogP contribution is -2.58. The maximum absolute atomic E-state index is 14.0. The van der Waals surface area contributed by atoms with Gasteiger partial charge in [-0.25, -0.2) is 4.98 Å². The van der Waals surface area contributed by atoms with Crippen LogP contribution in [0.5, 0.6) is 5.75 Å². The molecule has 1 saturated heterocycles. The third-order valence-corrected chi connectivity index (χ3v) is 15.5. The van der Waals surface area contributed by atoms with E-state index in [2.05, 4.69) is 45.0 Å². The van der Waals surface area contributed by atoms with Crippen molar-refractivity contribution in [2.45, 2.75) is 105 Å². The maximum Gasteiger partial charge on any atom is 0.246 e. The fourth-order valence-corrected chi connectivity index (χ4v) is 11.2. The van der Waals surface area contributed by atoms with E-state index in [1.165, 1.54) is 9.78 Å². The average molecular weight is 1080 g/mol. The van der Waals surface area contributed by atoms with Crippen molar-refractivity contribution in [3.05, 3.63) is 128 Å². The molecule has 3 aromatic carbocycles. The van der Waals surface area contributed by atoms with Crippen molar-refractivity contribution in [2.75, 3.05) is 44.9 Å². The van der Waals surface area contributed by atoms with Crippen molar-refractivity contribution >= 4 is 69.3 Å². The summed E-state index contributed by atoms with van der Waals surface area (Å²) in [6, 6.07) is 20.2. The molecule has 20 heteroatoms. The van der Waals surface area contributed by atoms with E-state index in [-0.39, 0.29) is 51.0 Å². The lowest BCUT2D eigenvalue weighted by Gasteiger charge is -2.35. The number of amides is 4. The van der Waals surface area contributed by atoms with E-state index in [4.69, 9.17) is 30.8 Å². The SMILES string of the molecule is Cc1ncsc1-c1ccc(CNC(=O)[C@@H]2C[C@@H](O)CN2C(=O)[C@@H](NC(=O)COCCCOCCCOc2ccc(NC(=O)C[C@@H]3N=C(c4ccc(Cl)cc4)c4c(sc(C)c4C)-n4c(C)nnc43)cc2)C(C)(C)C)cc1. The molecule has 75 heavy (non-hydrogen) atoms. The summed E-state index contributed by atoms with van der Waals surface area (Å²) >= 11 is 9.48. The number of hydrogen-bond donors (Lipinski definition) is 4. The lowest BCUT2D eigenvalue weighted by molar-refractivity contribution is -0.144. The number of aliphatic imine (C=N–C) groups is 1. The Hall–Kier alpha value is -6.35. The van der Waals surface area contributed by atoms with Crippen molar-refractivity contribution in [1.29, 1.82) is 0 Å². The number of aliphatic hydroxyl groups is 1. The summed E-state index contributed by atoms with van der Waals surface area (Å²) in [4.78, 5) is 67.2. The molecule has 4 N–H and O–H groups in total. The quantitative estimate of drug-likeness (QED) is 0.0504. The molecule has 0 saturated carbocycles. The molecule has 8 rings (SSSR count). The number of aryl methyl sites for hydroxylation is 3. The molecule has 0 spiro atoms. The molecular weight excluding hydrogens is 1010 g/mol. The molecule has 5 heterocycles. The standard InChI is InChI=1S/C55H64ClN9O8S2/c1-32-34(3)75-54-47(32)48(37-14-16-39(56)17-15-37)60-43(51-63-62-35(4)65(51)54)27-45(67)59-40-18-20-42(21-19-40)73-25-9-23-71-22-8-24-72-30-46(68)61-50(55(5,6)7)53(70)64-29-41(66)26-44(64)52(69)57-28-36-10-12-38(13-11-36)49-33(2)58-31-74-49/h10-21,31,41,43-44,50,66H,8-9,22-30H2,1-7H3,(H,57,69)(H,59,67)(H,61,68)/t41-,43+,44+,50-/m1/s1. The molecule has 2 aliphatic heterocycles. The largest absolute Gasteiger partial charge is 0.494 e. The Labute approximate surface area is 450 Å². The smallest absolute Gasteiger partial charge is 0.246 e. The second kappa shape index (κ2) is 24.5. The molecule has 0 radical (unpaired) electrons. The number of aliphatic hydroxyl groups excluding tert-OH is 1. The number of hydrogen-bond acceptors (Lipinski definition) is 14. The van der Waals surface area contributed by atoms with E-state index in [0.717, 1.165) is 54.9 Å². The summed E-state index contributed by atoms with van der Waals surface area (Å²) in [7, 11) is 0. The van der Waals surface area contributed by atoms with Gasteiger partial charge in [-0.05, 0) is 92.6 Å². The molecule has 4 amide bonds. The highest BCUT2D eigenvalue weighted by atomic mass is 35.5. The Morgan fingerprint density at radius 3 is 2.25 bits per heavy atom. The topological polar surface area (TPSA) is 211 Å². The molecule has 17 nitrogen and oxygen atoms in total. The molecular formula is C55H64ClN9O8S2. The molecule has 0 unspecified atom stereocenters. The van der Waals surface area contributed by atoms with E-state index in [1.54, 1.807) is 46.9 Å². The number of carbonyl (C=O) groups is 4. The maximum atomic E-state index is 14.0. The first-order valence-electron chi connectivity index (χ1n) is 25.0. The molecule has 1 fully saturated rings. The number of nitrogens with zero attached hydrogens (tertiary/aromatic N) is 6. The number of thiophene rings is 1. The first kappa shape index (κ1) is 54.9. The Morgan fingerprint density at radius 2 is 1.56 bits per heavy atom. The number of likely N-dealkylation sites (tertiary alicyclic amines) is 1. The van der Waals surface area contributed by atoms with Gasteiger partial charge in [0.1, 0.15) is 41.3 Å². The summed E-state index contributed by atoms with van der Waals surface area (Å²) in [5.74, 6) is 0.474. The van der Waals surface area contributed by atoms with Gasteiger partial charge in [0.05, 0.1) is 40.9 Å². The molecule has 3 aromatic heterocycles. The third kappa shape index (κ3) is 13.6. The summed E-state index contributed by atoms with van der Waals surface area (Å²) in [5, 5.41) is 29.8. The van der Waals surface area contributed by atoms with Gasteiger partial charge >= 0.3 is 0 Å². The predicted octanol–water partition coefficient (Wildman–Crippen LogP) is 8.26. The van der Waals surface area contributed by atoms with E-state index < -0.39 is 41.5 Å². The van der Waals surface area contributed by atoms with E-state index in [9.17, 15) is 24.3 Å². The van der Waals surface area contributed by atoms with Crippen LogP contribution in [0, 0.1) is 33.1 Å². The second-order valence-electron chi connectivity index (χ2n) is 19.8. The Morgan fingerprint density at radius 1 is 0.867 bits per heavy atom. The van der Waals surface area contributed by atoms with Crippen LogP contribution in [0.25, 0.3) is 15.4 Å². The van der Waals surface area contributed by atoms with E-state index in [1.807, 2.05) is 93.2 Å². The van der Waals surface area contributed by atoms with Crippen molar-refractivity contribution in [2.24, 2.45) is 10.4 Å². The summed E-state index contributed by atoms with van der Waals surface area (Å²) < 4.78 is 19.3. The number of fused-ring (bicyclic) bond motifs is 3. The Kier molecular flexibility index (Phi) is 18.0. The summed E-state index contributed by atoms with van der Waals surface area (Å²) in [6.07, 6.45) is 0.453. The number of ether oxygens (including phenoxy) is 3. The van der Waals surface area contributed by atoms with Crippen molar-refractivity contribution in [3.8, 4) is 21.2 Å². The predicted molar refractivity (Wildman–Crippen MR) is 291 cm³/mol. The highest BCUT2D eigenvalue weighted by Gasteiger charge is 2.44. The van der Waals surface area contributed by atoms with Crippen LogP contribution in [0.3, 0.4) is 0 Å². The van der Waals surface area contributed by atoms with Crippen LogP contribution in [0.2, 0.25) is 5.02 Å². The number of anilines is 1. The van der Waals surface area contributed by atoms with Gasteiger partial charge in [-0.2, -0.15) is 0 Å². The van der Waals surface area contributed by atoms with Gasteiger partial charge in [-0.1, -0.05) is 68.8 Å². The number of nitrogens with one attached hydrogen (secondary N) is 3. The summed E-state index contributed by atoms with van der Waals surface area (Å²) in [5.41, 5.74) is 8.43. The monoisotopic (exact) mass is 1080 g/mol. The highest BCUT2D eigenvalue weighted by molar-refractivity contribution is 7.15. The van der Waals surface area contributed by atoms with E-state index >= 15 is 0 Å².